The number of H-pyrrole nitrogens is 1. The van der Waals surface area contributed by atoms with E-state index in [-0.39, 0.29) is 11.8 Å². The number of nitrogens with zero attached hydrogens (tertiary/aromatic N) is 3. The molecule has 3 heterocycles. The van der Waals surface area contributed by atoms with Crippen LogP contribution in [0.5, 0.6) is 0 Å². The first-order valence-corrected chi connectivity index (χ1v) is 9.24. The number of amides is 2. The van der Waals surface area contributed by atoms with E-state index in [1.54, 1.807) is 22.7 Å². The maximum Gasteiger partial charge on any atom is 0.256 e. The predicted molar refractivity (Wildman–Crippen MR) is 93.8 cm³/mol. The van der Waals surface area contributed by atoms with Crippen LogP contribution < -0.4 is 5.32 Å². The first-order valence-electron chi connectivity index (χ1n) is 8.09. The Morgan fingerprint density at radius 3 is 3.12 bits per heavy atom. The molecule has 2 N–H and O–H groups in total. The summed E-state index contributed by atoms with van der Waals surface area (Å²) in [5.74, 6) is 0.915. The molecule has 3 rings (SSSR count). The molecule has 24 heavy (non-hydrogen) atoms. The minimum atomic E-state index is -0.416. The van der Waals surface area contributed by atoms with Crippen molar-refractivity contribution in [3.63, 3.8) is 0 Å². The van der Waals surface area contributed by atoms with Crippen molar-refractivity contribution >= 4 is 34.6 Å². The Hall–Kier alpha value is -2.09. The number of thioether (sulfide) groups is 1. The summed E-state index contributed by atoms with van der Waals surface area (Å²) in [4.78, 5) is 31.0. The normalized spacial score (nSPS) is 17.4. The molecule has 0 spiro atoms. The summed E-state index contributed by atoms with van der Waals surface area (Å²) < 4.78 is 0. The van der Waals surface area contributed by atoms with Gasteiger partial charge in [-0.05, 0) is 19.4 Å². The van der Waals surface area contributed by atoms with E-state index < -0.39 is 6.04 Å². The van der Waals surface area contributed by atoms with E-state index >= 15 is 0 Å². The van der Waals surface area contributed by atoms with Crippen LogP contribution in [0, 0.1) is 6.92 Å². The Morgan fingerprint density at radius 1 is 1.50 bits per heavy atom. The third kappa shape index (κ3) is 3.24. The van der Waals surface area contributed by atoms with Gasteiger partial charge in [0.2, 0.25) is 5.91 Å². The number of carbonyl (C=O) groups excluding carboxylic acids is 2. The van der Waals surface area contributed by atoms with Gasteiger partial charge >= 0.3 is 0 Å². The molecule has 2 amide bonds. The van der Waals surface area contributed by atoms with Gasteiger partial charge in [0.1, 0.15) is 6.04 Å². The van der Waals surface area contributed by atoms with Crippen LogP contribution in [0.1, 0.15) is 35.8 Å². The molecule has 0 radical (unpaired) electrons. The van der Waals surface area contributed by atoms with E-state index in [1.165, 1.54) is 6.20 Å². The molecule has 1 saturated heterocycles. The van der Waals surface area contributed by atoms with E-state index in [2.05, 4.69) is 27.4 Å². The van der Waals surface area contributed by atoms with E-state index in [4.69, 9.17) is 0 Å². The van der Waals surface area contributed by atoms with Crippen LogP contribution in [-0.2, 0) is 4.79 Å². The first kappa shape index (κ1) is 16.8. The summed E-state index contributed by atoms with van der Waals surface area (Å²) in [6.45, 7) is 4.62. The van der Waals surface area contributed by atoms with Crippen molar-refractivity contribution in [3.8, 4) is 0 Å². The summed E-state index contributed by atoms with van der Waals surface area (Å²) in [6, 6.07) is 1.37. The zero-order valence-corrected chi connectivity index (χ0v) is 14.7. The van der Waals surface area contributed by atoms with Gasteiger partial charge in [-0.15, -0.1) is 11.8 Å². The van der Waals surface area contributed by atoms with Crippen LogP contribution in [-0.4, -0.2) is 56.1 Å². The molecule has 0 unspecified atom stereocenters. The van der Waals surface area contributed by atoms with E-state index in [9.17, 15) is 9.59 Å². The number of aromatic nitrogens is 3. The average Bonchev–Trinajstić information content (AvgIpc) is 3.21. The Morgan fingerprint density at radius 2 is 2.33 bits per heavy atom. The van der Waals surface area contributed by atoms with Crippen LogP contribution in [0.25, 0.3) is 11.0 Å². The number of pyridine rings is 1. The lowest BCUT2D eigenvalue weighted by molar-refractivity contribution is -0.124. The molecule has 2 aromatic rings. The molecular weight excluding hydrogens is 326 g/mol. The third-order valence-electron chi connectivity index (χ3n) is 4.12. The van der Waals surface area contributed by atoms with Crippen LogP contribution >= 0.6 is 11.8 Å². The number of hydrogen-bond acceptors (Lipinski definition) is 5. The molecule has 1 aliphatic heterocycles. The fourth-order valence-electron chi connectivity index (χ4n) is 2.67. The standard InChI is InChI=1S/C16H21N5O2S/c1-3-4-5-17-15(22)13-8-24-9-21(13)16(23)11-6-12-10(2)19-20-14(12)18-7-11/h6-7,13H,3-5,8-9H2,1-2H3,(H,17,22)(H,18,19,20)/t13-/m1/s1. The second-order valence-electron chi connectivity index (χ2n) is 5.88. The Balaban J connectivity index is 1.76. The van der Waals surface area contributed by atoms with Crippen molar-refractivity contribution in [1.82, 2.24) is 25.4 Å². The van der Waals surface area contributed by atoms with Crippen LogP contribution in [0.15, 0.2) is 12.3 Å². The molecule has 1 aliphatic rings. The number of carbonyl (C=O) groups is 2. The van der Waals surface area contributed by atoms with Gasteiger partial charge < -0.3 is 10.2 Å². The number of hydrogen-bond donors (Lipinski definition) is 2. The molecule has 2 aromatic heterocycles. The van der Waals surface area contributed by atoms with Crippen LogP contribution in [0.4, 0.5) is 0 Å². The van der Waals surface area contributed by atoms with Crippen LogP contribution in [0.3, 0.4) is 0 Å². The predicted octanol–water partition coefficient (Wildman–Crippen LogP) is 1.70. The second-order valence-corrected chi connectivity index (χ2v) is 6.88. The van der Waals surface area contributed by atoms with Gasteiger partial charge in [-0.1, -0.05) is 13.3 Å². The highest BCUT2D eigenvalue weighted by Crippen LogP contribution is 2.24. The topological polar surface area (TPSA) is 91.0 Å². The number of unbranched alkanes of at least 4 members (excludes halogenated alkanes) is 1. The molecule has 0 bridgehead atoms. The lowest BCUT2D eigenvalue weighted by Crippen LogP contribution is -2.47. The molecule has 8 heteroatoms. The van der Waals surface area contributed by atoms with Gasteiger partial charge in [0.05, 0.1) is 11.4 Å². The summed E-state index contributed by atoms with van der Waals surface area (Å²) in [5, 5.41) is 10.7. The third-order valence-corrected chi connectivity index (χ3v) is 5.13. The highest BCUT2D eigenvalue weighted by Gasteiger charge is 2.35. The smallest absolute Gasteiger partial charge is 0.256 e. The number of fused-ring (bicyclic) bond motifs is 1. The van der Waals surface area contributed by atoms with Gasteiger partial charge in [0.15, 0.2) is 5.65 Å². The molecule has 0 aromatic carbocycles. The fourth-order valence-corrected chi connectivity index (χ4v) is 3.82. The highest BCUT2D eigenvalue weighted by atomic mass is 32.2. The minimum absolute atomic E-state index is 0.0738. The van der Waals surface area contributed by atoms with Gasteiger partial charge in [-0.2, -0.15) is 5.10 Å². The average molecular weight is 347 g/mol. The summed E-state index contributed by atoms with van der Waals surface area (Å²) in [5.41, 5.74) is 1.95. The lowest BCUT2D eigenvalue weighted by atomic mass is 10.1. The van der Waals surface area contributed by atoms with Crippen molar-refractivity contribution in [3.05, 3.63) is 23.5 Å². The zero-order chi connectivity index (χ0) is 17.1. The van der Waals surface area contributed by atoms with Gasteiger partial charge in [0, 0.05) is 29.6 Å². The monoisotopic (exact) mass is 347 g/mol. The molecule has 1 atom stereocenters. The van der Waals surface area contributed by atoms with Crippen molar-refractivity contribution in [1.29, 1.82) is 0 Å². The van der Waals surface area contributed by atoms with E-state index in [1.807, 2.05) is 6.92 Å². The van der Waals surface area contributed by atoms with Crippen molar-refractivity contribution in [2.45, 2.75) is 32.7 Å². The van der Waals surface area contributed by atoms with Crippen molar-refractivity contribution in [2.24, 2.45) is 0 Å². The second kappa shape index (κ2) is 7.21. The first-order chi connectivity index (χ1) is 11.6. The van der Waals surface area contributed by atoms with Gasteiger partial charge in [-0.25, -0.2) is 4.98 Å². The molecule has 0 saturated carbocycles. The minimum Gasteiger partial charge on any atom is -0.354 e. The number of aryl methyl sites for hydroxylation is 1. The Labute approximate surface area is 144 Å². The maximum absolute atomic E-state index is 12.8. The summed E-state index contributed by atoms with van der Waals surface area (Å²) in [6.07, 6.45) is 3.50. The van der Waals surface area contributed by atoms with Gasteiger partial charge in [-0.3, -0.25) is 14.7 Å². The van der Waals surface area contributed by atoms with Crippen LogP contribution in [0.2, 0.25) is 0 Å². The quantitative estimate of drug-likeness (QED) is 0.803. The number of aromatic amines is 1. The molecule has 1 fully saturated rings. The lowest BCUT2D eigenvalue weighted by Gasteiger charge is -2.23. The molecular formula is C16H21N5O2S. The largest absolute Gasteiger partial charge is 0.354 e. The van der Waals surface area contributed by atoms with Gasteiger partial charge in [0.25, 0.3) is 5.91 Å². The number of rotatable bonds is 5. The Kier molecular flexibility index (Phi) is 5.03. The fraction of sp³-hybridized carbons (Fsp3) is 0.500. The van der Waals surface area contributed by atoms with Crippen molar-refractivity contribution < 1.29 is 9.59 Å². The summed E-state index contributed by atoms with van der Waals surface area (Å²) in [7, 11) is 0. The highest BCUT2D eigenvalue weighted by molar-refractivity contribution is 7.99. The maximum atomic E-state index is 12.8. The van der Waals surface area contributed by atoms with E-state index in [0.29, 0.717) is 29.4 Å². The molecule has 7 nitrogen and oxygen atoms in total. The SMILES string of the molecule is CCCCNC(=O)[C@H]1CSCN1C(=O)c1cnc2n[nH]c(C)c2c1. The molecule has 128 valence electrons. The molecule has 0 aliphatic carbocycles. The van der Waals surface area contributed by atoms with E-state index in [0.717, 1.165) is 23.9 Å². The number of nitrogens with one attached hydrogen (secondary N) is 2. The zero-order valence-electron chi connectivity index (χ0n) is 13.8. The summed E-state index contributed by atoms with van der Waals surface area (Å²) >= 11 is 1.59. The van der Waals surface area contributed by atoms with Crippen molar-refractivity contribution in [2.75, 3.05) is 18.2 Å². The Bertz CT molecular complexity index is 760.